The van der Waals surface area contributed by atoms with E-state index >= 15 is 0 Å². The van der Waals surface area contributed by atoms with E-state index in [1.807, 2.05) is 23.1 Å². The second kappa shape index (κ2) is 6.63. The predicted molar refractivity (Wildman–Crippen MR) is 90.5 cm³/mol. The normalized spacial score (nSPS) is 16.5. The fourth-order valence-electron chi connectivity index (χ4n) is 3.32. The third kappa shape index (κ3) is 3.24. The third-order valence-corrected chi connectivity index (χ3v) is 4.77. The van der Waals surface area contributed by atoms with Crippen LogP contribution in [0.4, 0.5) is 0 Å². The zero-order valence-corrected chi connectivity index (χ0v) is 13.9. The molecule has 1 fully saturated rings. The molecule has 1 aromatic heterocycles. The summed E-state index contributed by atoms with van der Waals surface area (Å²) in [6.07, 6.45) is 2.80. The lowest BCUT2D eigenvalue weighted by molar-refractivity contribution is -0.131. The van der Waals surface area contributed by atoms with Crippen LogP contribution >= 0.6 is 0 Å². The lowest BCUT2D eigenvalue weighted by Crippen LogP contribution is -2.50. The highest BCUT2D eigenvalue weighted by Gasteiger charge is 2.26. The van der Waals surface area contributed by atoms with Gasteiger partial charge in [-0.2, -0.15) is 0 Å². The van der Waals surface area contributed by atoms with Crippen molar-refractivity contribution in [2.75, 3.05) is 32.8 Å². The minimum Gasteiger partial charge on any atom is -0.493 e. The van der Waals surface area contributed by atoms with E-state index < -0.39 is 0 Å². The van der Waals surface area contributed by atoms with Crippen LogP contribution in [0, 0.1) is 0 Å². The van der Waals surface area contributed by atoms with Crippen molar-refractivity contribution in [2.24, 2.45) is 0 Å². The Morgan fingerprint density at radius 1 is 1.04 bits per heavy atom. The van der Waals surface area contributed by atoms with E-state index in [0.29, 0.717) is 38.4 Å². The van der Waals surface area contributed by atoms with Crippen molar-refractivity contribution < 1.29 is 18.7 Å². The van der Waals surface area contributed by atoms with Gasteiger partial charge in [-0.1, -0.05) is 12.1 Å². The quantitative estimate of drug-likeness (QED) is 0.854. The maximum atomic E-state index is 12.5. The number of piperazine rings is 1. The van der Waals surface area contributed by atoms with Gasteiger partial charge in [0.15, 0.2) is 5.76 Å². The monoisotopic (exact) mass is 340 g/mol. The van der Waals surface area contributed by atoms with Crippen molar-refractivity contribution in [3.63, 3.8) is 0 Å². The number of carbonyl (C=O) groups excluding carboxylic acids is 2. The maximum absolute atomic E-state index is 12.5. The van der Waals surface area contributed by atoms with E-state index in [2.05, 4.69) is 0 Å². The number of hydrogen-bond acceptors (Lipinski definition) is 4. The van der Waals surface area contributed by atoms with Crippen LogP contribution in [0.1, 0.15) is 21.7 Å². The Labute approximate surface area is 146 Å². The lowest BCUT2D eigenvalue weighted by Gasteiger charge is -2.34. The van der Waals surface area contributed by atoms with Gasteiger partial charge in [-0.3, -0.25) is 9.59 Å². The molecule has 6 heteroatoms. The minimum atomic E-state index is -0.118. The van der Waals surface area contributed by atoms with Crippen LogP contribution in [0.15, 0.2) is 41.0 Å². The van der Waals surface area contributed by atoms with E-state index in [9.17, 15) is 9.59 Å². The van der Waals surface area contributed by atoms with Gasteiger partial charge in [-0.25, -0.2) is 0 Å². The van der Waals surface area contributed by atoms with Crippen LogP contribution in [0.3, 0.4) is 0 Å². The van der Waals surface area contributed by atoms with Gasteiger partial charge >= 0.3 is 0 Å². The van der Waals surface area contributed by atoms with Gasteiger partial charge in [0.2, 0.25) is 5.91 Å². The topological polar surface area (TPSA) is 63.0 Å². The van der Waals surface area contributed by atoms with Gasteiger partial charge in [0.1, 0.15) is 5.75 Å². The summed E-state index contributed by atoms with van der Waals surface area (Å²) in [5, 5.41) is 0. The molecule has 4 rings (SSSR count). The van der Waals surface area contributed by atoms with Crippen LogP contribution in [-0.4, -0.2) is 54.4 Å². The third-order valence-electron chi connectivity index (χ3n) is 4.77. The SMILES string of the molecule is O=C(Cc1ccc2c(c1)OCC2)N1CCN(C(=O)c2ccco2)CC1. The van der Waals surface area contributed by atoms with Crippen molar-refractivity contribution in [1.82, 2.24) is 9.80 Å². The van der Waals surface area contributed by atoms with Crippen LogP contribution in [0.2, 0.25) is 0 Å². The summed E-state index contributed by atoms with van der Waals surface area (Å²) < 4.78 is 10.7. The molecule has 2 aliphatic heterocycles. The first-order valence-corrected chi connectivity index (χ1v) is 8.56. The van der Waals surface area contributed by atoms with Crippen molar-refractivity contribution in [2.45, 2.75) is 12.8 Å². The Hall–Kier alpha value is -2.76. The first kappa shape index (κ1) is 15.7. The van der Waals surface area contributed by atoms with E-state index in [1.54, 1.807) is 17.0 Å². The van der Waals surface area contributed by atoms with E-state index in [4.69, 9.17) is 9.15 Å². The molecular formula is C19H20N2O4. The van der Waals surface area contributed by atoms with Gasteiger partial charge in [0, 0.05) is 32.6 Å². The van der Waals surface area contributed by atoms with Gasteiger partial charge in [-0.05, 0) is 29.3 Å². The molecule has 0 saturated carbocycles. The van der Waals surface area contributed by atoms with Gasteiger partial charge < -0.3 is 19.0 Å². The molecule has 0 radical (unpaired) electrons. The Morgan fingerprint density at radius 3 is 2.60 bits per heavy atom. The van der Waals surface area contributed by atoms with E-state index in [-0.39, 0.29) is 11.8 Å². The largest absolute Gasteiger partial charge is 0.493 e. The van der Waals surface area contributed by atoms with E-state index in [0.717, 1.165) is 24.3 Å². The van der Waals surface area contributed by atoms with Crippen molar-refractivity contribution in [1.29, 1.82) is 0 Å². The van der Waals surface area contributed by atoms with Gasteiger partial charge in [-0.15, -0.1) is 0 Å². The van der Waals surface area contributed by atoms with Crippen LogP contribution in [-0.2, 0) is 17.6 Å². The molecule has 0 bridgehead atoms. The lowest BCUT2D eigenvalue weighted by atomic mass is 10.1. The predicted octanol–water partition coefficient (Wildman–Crippen LogP) is 1.74. The highest BCUT2D eigenvalue weighted by Crippen LogP contribution is 2.26. The minimum absolute atomic E-state index is 0.0862. The van der Waals surface area contributed by atoms with Crippen molar-refractivity contribution in [3.8, 4) is 5.75 Å². The fraction of sp³-hybridized carbons (Fsp3) is 0.368. The molecule has 0 N–H and O–H groups in total. The van der Waals surface area contributed by atoms with Crippen LogP contribution in [0.5, 0.6) is 5.75 Å². The summed E-state index contributed by atoms with van der Waals surface area (Å²) in [7, 11) is 0. The average Bonchev–Trinajstić information content (AvgIpc) is 3.32. The van der Waals surface area contributed by atoms with Crippen LogP contribution in [0.25, 0.3) is 0 Å². The fourth-order valence-corrected chi connectivity index (χ4v) is 3.32. The summed E-state index contributed by atoms with van der Waals surface area (Å²) in [4.78, 5) is 28.3. The molecule has 2 aliphatic rings. The number of benzene rings is 1. The number of rotatable bonds is 3. The molecule has 0 unspecified atom stereocenters. The van der Waals surface area contributed by atoms with Crippen LogP contribution < -0.4 is 4.74 Å². The first-order valence-electron chi connectivity index (χ1n) is 8.56. The Kier molecular flexibility index (Phi) is 4.17. The molecule has 2 amide bonds. The number of carbonyl (C=O) groups is 2. The molecule has 130 valence electrons. The second-order valence-electron chi connectivity index (χ2n) is 6.37. The van der Waals surface area contributed by atoms with E-state index in [1.165, 1.54) is 11.8 Å². The number of furan rings is 1. The molecule has 0 spiro atoms. The summed E-state index contributed by atoms with van der Waals surface area (Å²) in [5.74, 6) is 1.22. The van der Waals surface area contributed by atoms with Crippen molar-refractivity contribution in [3.05, 3.63) is 53.5 Å². The number of amides is 2. The van der Waals surface area contributed by atoms with Gasteiger partial charge in [0.25, 0.3) is 5.91 Å². The number of ether oxygens (including phenoxy) is 1. The molecule has 2 aromatic rings. The zero-order valence-electron chi connectivity index (χ0n) is 13.9. The molecule has 0 aliphatic carbocycles. The Morgan fingerprint density at radius 2 is 1.84 bits per heavy atom. The van der Waals surface area contributed by atoms with Crippen molar-refractivity contribution >= 4 is 11.8 Å². The first-order chi connectivity index (χ1) is 12.2. The highest BCUT2D eigenvalue weighted by molar-refractivity contribution is 5.91. The summed E-state index contributed by atoms with van der Waals surface area (Å²) in [5.41, 5.74) is 2.18. The molecule has 1 aromatic carbocycles. The number of fused-ring (bicyclic) bond motifs is 1. The molecule has 1 saturated heterocycles. The summed E-state index contributed by atoms with van der Waals surface area (Å²) in [6.45, 7) is 2.87. The molecule has 6 nitrogen and oxygen atoms in total. The molecule has 3 heterocycles. The zero-order chi connectivity index (χ0) is 17.2. The maximum Gasteiger partial charge on any atom is 0.289 e. The smallest absolute Gasteiger partial charge is 0.289 e. The highest BCUT2D eigenvalue weighted by atomic mass is 16.5. The molecular weight excluding hydrogens is 320 g/mol. The summed E-state index contributed by atoms with van der Waals surface area (Å²) in [6, 6.07) is 9.38. The molecule has 0 atom stereocenters. The summed E-state index contributed by atoms with van der Waals surface area (Å²) >= 11 is 0. The standard InChI is InChI=1S/C19H20N2O4/c22-18(13-14-3-4-15-5-11-25-17(15)12-14)20-6-8-21(9-7-20)19(23)16-2-1-10-24-16/h1-4,10,12H,5-9,11,13H2. The Balaban J connectivity index is 1.33. The van der Waals surface area contributed by atoms with Gasteiger partial charge in [0.05, 0.1) is 19.3 Å². The molecule has 25 heavy (non-hydrogen) atoms. The number of hydrogen-bond donors (Lipinski definition) is 0. The second-order valence-corrected chi connectivity index (χ2v) is 6.37. The average molecular weight is 340 g/mol. The number of nitrogens with zero attached hydrogens (tertiary/aromatic N) is 2. The Bertz CT molecular complexity index is 777.